The fourth-order valence-corrected chi connectivity index (χ4v) is 2.13. The average molecular weight is 225 g/mol. The van der Waals surface area contributed by atoms with Gasteiger partial charge in [-0.15, -0.1) is 0 Å². The predicted octanol–water partition coefficient (Wildman–Crippen LogP) is 1.79. The molecule has 1 aliphatic heterocycles. The van der Waals surface area contributed by atoms with E-state index >= 15 is 0 Å². The van der Waals surface area contributed by atoms with Gasteiger partial charge in [-0.25, -0.2) is 0 Å². The van der Waals surface area contributed by atoms with Crippen LogP contribution in [0.4, 0.5) is 0 Å². The Morgan fingerprint density at radius 3 is 2.80 bits per heavy atom. The average Bonchev–Trinajstić information content (AvgIpc) is 2.28. The lowest BCUT2D eigenvalue weighted by Gasteiger charge is -2.27. The molecular weight excluding hydrogens is 208 g/mol. The van der Waals surface area contributed by atoms with Gasteiger partial charge in [0, 0.05) is 37.7 Å². The van der Waals surface area contributed by atoms with Crippen molar-refractivity contribution in [2.45, 2.75) is 6.42 Å². The van der Waals surface area contributed by atoms with E-state index in [1.54, 1.807) is 0 Å². The molecule has 0 saturated carbocycles. The molecule has 0 spiro atoms. The van der Waals surface area contributed by atoms with Crippen LogP contribution in [0.5, 0.6) is 0 Å². The van der Waals surface area contributed by atoms with Crippen molar-refractivity contribution in [2.24, 2.45) is 0 Å². The second kappa shape index (κ2) is 5.50. The third-order valence-electron chi connectivity index (χ3n) is 2.82. The highest BCUT2D eigenvalue weighted by Gasteiger charge is 2.08. The van der Waals surface area contributed by atoms with Crippen LogP contribution in [0.15, 0.2) is 24.3 Å². The number of halogens is 1. The molecule has 0 amide bonds. The van der Waals surface area contributed by atoms with E-state index < -0.39 is 0 Å². The van der Waals surface area contributed by atoms with Crippen molar-refractivity contribution in [3.8, 4) is 0 Å². The lowest BCUT2D eigenvalue weighted by molar-refractivity contribution is 0.244. The molecule has 1 N–H and O–H groups in total. The fraction of sp³-hybridized carbons (Fsp3) is 0.500. The molecule has 1 aromatic rings. The van der Waals surface area contributed by atoms with Gasteiger partial charge in [0.15, 0.2) is 0 Å². The van der Waals surface area contributed by atoms with Crippen molar-refractivity contribution in [1.82, 2.24) is 10.2 Å². The van der Waals surface area contributed by atoms with Gasteiger partial charge in [0.2, 0.25) is 0 Å². The number of hydrogen-bond donors (Lipinski definition) is 1. The van der Waals surface area contributed by atoms with E-state index in [1.165, 1.54) is 18.7 Å². The Morgan fingerprint density at radius 2 is 2.07 bits per heavy atom. The fourth-order valence-electron chi connectivity index (χ4n) is 1.91. The molecule has 3 heteroatoms. The molecule has 1 saturated heterocycles. The number of hydrogen-bond acceptors (Lipinski definition) is 2. The Balaban J connectivity index is 1.81. The second-order valence-electron chi connectivity index (χ2n) is 3.97. The Labute approximate surface area is 96.2 Å². The molecular formula is C12H17ClN2. The minimum Gasteiger partial charge on any atom is -0.314 e. The first-order chi connectivity index (χ1) is 7.34. The van der Waals surface area contributed by atoms with Crippen LogP contribution < -0.4 is 5.32 Å². The van der Waals surface area contributed by atoms with Crippen LogP contribution in [0.25, 0.3) is 0 Å². The van der Waals surface area contributed by atoms with Crippen LogP contribution in [-0.2, 0) is 6.42 Å². The number of nitrogens with one attached hydrogen (secondary N) is 1. The second-order valence-corrected chi connectivity index (χ2v) is 4.41. The van der Waals surface area contributed by atoms with Crippen molar-refractivity contribution >= 4 is 11.6 Å². The largest absolute Gasteiger partial charge is 0.314 e. The Hall–Kier alpha value is -0.570. The first kappa shape index (κ1) is 10.9. The van der Waals surface area contributed by atoms with Gasteiger partial charge in [-0.2, -0.15) is 0 Å². The molecule has 15 heavy (non-hydrogen) atoms. The highest BCUT2D eigenvalue weighted by molar-refractivity contribution is 6.30. The van der Waals surface area contributed by atoms with Gasteiger partial charge in [-0.3, -0.25) is 0 Å². The van der Waals surface area contributed by atoms with Crippen molar-refractivity contribution in [3.05, 3.63) is 34.9 Å². The van der Waals surface area contributed by atoms with E-state index in [1.807, 2.05) is 12.1 Å². The maximum absolute atomic E-state index is 5.94. The van der Waals surface area contributed by atoms with Gasteiger partial charge in [0.25, 0.3) is 0 Å². The predicted molar refractivity (Wildman–Crippen MR) is 64.5 cm³/mol. The number of piperazine rings is 1. The van der Waals surface area contributed by atoms with Crippen molar-refractivity contribution in [3.63, 3.8) is 0 Å². The van der Waals surface area contributed by atoms with Gasteiger partial charge in [-0.1, -0.05) is 23.7 Å². The maximum Gasteiger partial charge on any atom is 0.0408 e. The van der Waals surface area contributed by atoms with Crippen molar-refractivity contribution in [1.29, 1.82) is 0 Å². The highest BCUT2D eigenvalue weighted by atomic mass is 35.5. The third-order valence-corrected chi connectivity index (χ3v) is 3.05. The summed E-state index contributed by atoms with van der Waals surface area (Å²) in [5, 5.41) is 4.20. The monoisotopic (exact) mass is 224 g/mol. The smallest absolute Gasteiger partial charge is 0.0408 e. The summed E-state index contributed by atoms with van der Waals surface area (Å²) in [5.74, 6) is 0. The number of nitrogens with zero attached hydrogens (tertiary/aromatic N) is 1. The van der Waals surface area contributed by atoms with Gasteiger partial charge in [0.1, 0.15) is 0 Å². The SMILES string of the molecule is Clc1cccc(CCN2CCNCC2)c1. The Morgan fingerprint density at radius 1 is 1.27 bits per heavy atom. The Bertz CT molecular complexity index is 308. The van der Waals surface area contributed by atoms with Gasteiger partial charge in [0.05, 0.1) is 0 Å². The van der Waals surface area contributed by atoms with E-state index in [9.17, 15) is 0 Å². The van der Waals surface area contributed by atoms with Gasteiger partial charge >= 0.3 is 0 Å². The van der Waals surface area contributed by atoms with Crippen molar-refractivity contribution < 1.29 is 0 Å². The third kappa shape index (κ3) is 3.49. The zero-order chi connectivity index (χ0) is 10.5. The van der Waals surface area contributed by atoms with E-state index in [0.717, 1.165) is 31.1 Å². The molecule has 0 radical (unpaired) electrons. The van der Waals surface area contributed by atoms with E-state index in [4.69, 9.17) is 11.6 Å². The van der Waals surface area contributed by atoms with Crippen LogP contribution in [-0.4, -0.2) is 37.6 Å². The summed E-state index contributed by atoms with van der Waals surface area (Å²) in [7, 11) is 0. The summed E-state index contributed by atoms with van der Waals surface area (Å²) < 4.78 is 0. The van der Waals surface area contributed by atoms with Crippen LogP contribution in [0, 0.1) is 0 Å². The summed E-state index contributed by atoms with van der Waals surface area (Å²) in [6, 6.07) is 8.16. The lowest BCUT2D eigenvalue weighted by Crippen LogP contribution is -2.44. The van der Waals surface area contributed by atoms with E-state index in [0.29, 0.717) is 0 Å². The summed E-state index contributed by atoms with van der Waals surface area (Å²) in [6.45, 7) is 5.72. The Kier molecular flexibility index (Phi) is 4.01. The normalized spacial score (nSPS) is 17.9. The van der Waals surface area contributed by atoms with E-state index in [-0.39, 0.29) is 0 Å². The molecule has 0 unspecified atom stereocenters. The molecule has 2 rings (SSSR count). The minimum absolute atomic E-state index is 0.841. The molecule has 1 aliphatic rings. The zero-order valence-electron chi connectivity index (χ0n) is 8.88. The summed E-state index contributed by atoms with van der Waals surface area (Å²) in [4.78, 5) is 2.50. The maximum atomic E-state index is 5.94. The first-order valence-corrected chi connectivity index (χ1v) is 5.90. The molecule has 0 aromatic heterocycles. The molecule has 82 valence electrons. The standard InChI is InChI=1S/C12H17ClN2/c13-12-3-1-2-11(10-12)4-7-15-8-5-14-6-9-15/h1-3,10,14H,4-9H2. The van der Waals surface area contributed by atoms with E-state index in [2.05, 4.69) is 22.3 Å². The van der Waals surface area contributed by atoms with Crippen LogP contribution in [0.3, 0.4) is 0 Å². The van der Waals surface area contributed by atoms with Crippen molar-refractivity contribution in [2.75, 3.05) is 32.7 Å². The number of rotatable bonds is 3. The first-order valence-electron chi connectivity index (χ1n) is 5.52. The number of benzene rings is 1. The zero-order valence-corrected chi connectivity index (χ0v) is 9.63. The van der Waals surface area contributed by atoms with Crippen LogP contribution in [0.2, 0.25) is 5.02 Å². The van der Waals surface area contributed by atoms with Gasteiger partial charge in [-0.05, 0) is 24.1 Å². The summed E-state index contributed by atoms with van der Waals surface area (Å²) in [5.41, 5.74) is 1.33. The molecule has 2 nitrogen and oxygen atoms in total. The summed E-state index contributed by atoms with van der Waals surface area (Å²) in [6.07, 6.45) is 1.10. The van der Waals surface area contributed by atoms with Gasteiger partial charge < -0.3 is 10.2 Å². The molecule has 1 aromatic carbocycles. The highest BCUT2D eigenvalue weighted by Crippen LogP contribution is 2.11. The molecule has 0 aliphatic carbocycles. The molecule has 0 bridgehead atoms. The quantitative estimate of drug-likeness (QED) is 0.842. The van der Waals surface area contributed by atoms with Crippen LogP contribution >= 0.6 is 11.6 Å². The minimum atomic E-state index is 0.841. The summed E-state index contributed by atoms with van der Waals surface area (Å²) >= 11 is 5.94. The molecule has 0 atom stereocenters. The molecule has 1 heterocycles. The van der Waals surface area contributed by atoms with Crippen LogP contribution in [0.1, 0.15) is 5.56 Å². The lowest BCUT2D eigenvalue weighted by atomic mass is 10.1. The topological polar surface area (TPSA) is 15.3 Å². The molecule has 1 fully saturated rings.